The van der Waals surface area contributed by atoms with Gasteiger partial charge in [-0.2, -0.15) is 0 Å². The van der Waals surface area contributed by atoms with Crippen LogP contribution in [-0.4, -0.2) is 30.9 Å². The van der Waals surface area contributed by atoms with E-state index >= 15 is 0 Å². The van der Waals surface area contributed by atoms with E-state index in [2.05, 4.69) is 11.3 Å². The summed E-state index contributed by atoms with van der Waals surface area (Å²) in [6.07, 6.45) is 0. The number of hydrogen-bond donors (Lipinski definition) is 2. The van der Waals surface area contributed by atoms with Crippen molar-refractivity contribution in [3.63, 3.8) is 0 Å². The molecule has 0 radical (unpaired) electrons. The molecular formula is C9H19NO3S. The Labute approximate surface area is 86.1 Å². The van der Waals surface area contributed by atoms with Crippen molar-refractivity contribution < 1.29 is 13.5 Å². The van der Waals surface area contributed by atoms with Crippen LogP contribution in [0, 0.1) is 0 Å². The van der Waals surface area contributed by atoms with Crippen molar-refractivity contribution in [3.8, 4) is 0 Å². The molecule has 0 fully saturated rings. The molecule has 1 unspecified atom stereocenters. The van der Waals surface area contributed by atoms with E-state index < -0.39 is 27.4 Å². The van der Waals surface area contributed by atoms with Gasteiger partial charge in [0.1, 0.15) is 5.25 Å². The highest BCUT2D eigenvalue weighted by atomic mass is 32.2. The molecule has 0 aliphatic carbocycles. The topological polar surface area (TPSA) is 66.4 Å². The lowest BCUT2D eigenvalue weighted by molar-refractivity contribution is 0.298. The molecule has 0 saturated heterocycles. The minimum Gasteiger partial charge on any atom is -0.395 e. The van der Waals surface area contributed by atoms with Crippen LogP contribution in [0.3, 0.4) is 0 Å². The predicted octanol–water partition coefficient (Wildman–Crippen LogP) is 0.641. The summed E-state index contributed by atoms with van der Waals surface area (Å²) in [5.74, 6) is 0. The van der Waals surface area contributed by atoms with Gasteiger partial charge in [-0.1, -0.05) is 12.2 Å². The van der Waals surface area contributed by atoms with Crippen LogP contribution in [0.15, 0.2) is 12.2 Å². The van der Waals surface area contributed by atoms with E-state index in [1.807, 2.05) is 0 Å². The average molecular weight is 221 g/mol. The summed E-state index contributed by atoms with van der Waals surface area (Å²) in [7, 11) is -3.53. The smallest absolute Gasteiger partial charge is 0.221 e. The molecule has 0 aliphatic rings. The van der Waals surface area contributed by atoms with Gasteiger partial charge < -0.3 is 5.11 Å². The molecule has 0 spiro atoms. The molecule has 0 saturated carbocycles. The van der Waals surface area contributed by atoms with E-state index in [-0.39, 0.29) is 0 Å². The van der Waals surface area contributed by atoms with Gasteiger partial charge in [0.15, 0.2) is 0 Å². The van der Waals surface area contributed by atoms with E-state index in [4.69, 9.17) is 5.11 Å². The van der Waals surface area contributed by atoms with Crippen molar-refractivity contribution in [1.82, 2.24) is 4.72 Å². The Bertz CT molecular complexity index is 301. The first-order valence-electron chi connectivity index (χ1n) is 4.39. The largest absolute Gasteiger partial charge is 0.395 e. The van der Waals surface area contributed by atoms with Crippen LogP contribution in [0.25, 0.3) is 0 Å². The molecule has 0 aromatic carbocycles. The maximum absolute atomic E-state index is 11.7. The third-order valence-corrected chi connectivity index (χ3v) is 3.74. The molecule has 0 amide bonds. The maximum atomic E-state index is 11.7. The first-order chi connectivity index (χ1) is 6.10. The molecule has 0 heterocycles. The zero-order valence-corrected chi connectivity index (χ0v) is 9.98. The number of aliphatic hydroxyl groups excluding tert-OH is 1. The summed E-state index contributed by atoms with van der Waals surface area (Å²) in [5.41, 5.74) is -0.105. The van der Waals surface area contributed by atoms with Crippen molar-refractivity contribution in [2.75, 3.05) is 6.61 Å². The van der Waals surface area contributed by atoms with Gasteiger partial charge in [-0.05, 0) is 27.7 Å². The molecule has 2 N–H and O–H groups in total. The van der Waals surface area contributed by atoms with Gasteiger partial charge in [0, 0.05) is 5.54 Å². The van der Waals surface area contributed by atoms with Crippen molar-refractivity contribution in [1.29, 1.82) is 0 Å². The Balaban J connectivity index is 4.86. The van der Waals surface area contributed by atoms with Gasteiger partial charge in [-0.25, -0.2) is 13.1 Å². The number of nitrogens with one attached hydrogen (secondary N) is 1. The molecule has 1 atom stereocenters. The summed E-state index contributed by atoms with van der Waals surface area (Å²) in [6, 6.07) is 0. The fourth-order valence-corrected chi connectivity index (χ4v) is 2.74. The van der Waals surface area contributed by atoms with Gasteiger partial charge in [0.25, 0.3) is 0 Å². The summed E-state index contributed by atoms with van der Waals surface area (Å²) in [5, 5.41) is 8.02. The van der Waals surface area contributed by atoms with Gasteiger partial charge in [-0.15, -0.1) is 0 Å². The zero-order chi connectivity index (χ0) is 11.6. The lowest BCUT2D eigenvalue weighted by Gasteiger charge is -2.24. The highest BCUT2D eigenvalue weighted by Crippen LogP contribution is 2.12. The van der Waals surface area contributed by atoms with Crippen LogP contribution >= 0.6 is 0 Å². The van der Waals surface area contributed by atoms with Crippen LogP contribution in [-0.2, 0) is 10.0 Å². The van der Waals surface area contributed by atoms with Crippen molar-refractivity contribution >= 4 is 10.0 Å². The molecule has 84 valence electrons. The quantitative estimate of drug-likeness (QED) is 0.685. The Kier molecular flexibility index (Phi) is 4.30. The Hall–Kier alpha value is -0.390. The van der Waals surface area contributed by atoms with Crippen LogP contribution in [0.4, 0.5) is 0 Å². The number of aliphatic hydroxyl groups is 1. The summed E-state index contributed by atoms with van der Waals surface area (Å²) < 4.78 is 25.9. The Morgan fingerprint density at radius 1 is 1.50 bits per heavy atom. The van der Waals surface area contributed by atoms with Gasteiger partial charge in [0.2, 0.25) is 10.0 Å². The molecule has 0 bridgehead atoms. The third kappa shape index (κ3) is 4.21. The zero-order valence-electron chi connectivity index (χ0n) is 9.16. The molecule has 14 heavy (non-hydrogen) atoms. The average Bonchev–Trinajstić information content (AvgIpc) is 1.79. The summed E-state index contributed by atoms with van der Waals surface area (Å²) in [6.45, 7) is 9.93. The monoisotopic (exact) mass is 221 g/mol. The summed E-state index contributed by atoms with van der Waals surface area (Å²) >= 11 is 0. The lowest BCUT2D eigenvalue weighted by atomic mass is 10.1. The second-order valence-corrected chi connectivity index (χ2v) is 6.28. The Morgan fingerprint density at radius 3 is 2.14 bits per heavy atom. The summed E-state index contributed by atoms with van der Waals surface area (Å²) in [4.78, 5) is 0. The van der Waals surface area contributed by atoms with Gasteiger partial charge >= 0.3 is 0 Å². The first kappa shape index (κ1) is 13.6. The second kappa shape index (κ2) is 4.42. The Morgan fingerprint density at radius 2 is 1.93 bits per heavy atom. The van der Waals surface area contributed by atoms with E-state index in [1.165, 1.54) is 0 Å². The minimum atomic E-state index is -3.53. The van der Waals surface area contributed by atoms with E-state index in [0.29, 0.717) is 5.57 Å². The number of sulfonamides is 1. The predicted molar refractivity (Wildman–Crippen MR) is 57.5 cm³/mol. The van der Waals surface area contributed by atoms with Crippen LogP contribution in [0.5, 0.6) is 0 Å². The minimum absolute atomic E-state index is 0.434. The molecule has 5 heteroatoms. The SMILES string of the molecule is C=C(C)C(CO)S(=O)(=O)NC(C)(C)C. The normalized spacial score (nSPS) is 15.2. The molecule has 4 nitrogen and oxygen atoms in total. The van der Waals surface area contributed by atoms with Crippen LogP contribution < -0.4 is 4.72 Å². The van der Waals surface area contributed by atoms with Gasteiger partial charge in [0.05, 0.1) is 6.61 Å². The van der Waals surface area contributed by atoms with E-state index in [9.17, 15) is 8.42 Å². The first-order valence-corrected chi connectivity index (χ1v) is 5.94. The lowest BCUT2D eigenvalue weighted by Crippen LogP contribution is -2.46. The molecular weight excluding hydrogens is 202 g/mol. The van der Waals surface area contributed by atoms with Crippen LogP contribution in [0.1, 0.15) is 27.7 Å². The number of hydrogen-bond acceptors (Lipinski definition) is 3. The van der Waals surface area contributed by atoms with Crippen molar-refractivity contribution in [2.24, 2.45) is 0 Å². The van der Waals surface area contributed by atoms with E-state index in [1.54, 1.807) is 27.7 Å². The maximum Gasteiger partial charge on any atom is 0.221 e. The van der Waals surface area contributed by atoms with Gasteiger partial charge in [-0.3, -0.25) is 0 Å². The standard InChI is InChI=1S/C9H19NO3S/c1-7(2)8(6-11)14(12,13)10-9(3,4)5/h8,10-11H,1,6H2,2-5H3. The van der Waals surface area contributed by atoms with Crippen LogP contribution in [0.2, 0.25) is 0 Å². The molecule has 0 aliphatic heterocycles. The van der Waals surface area contributed by atoms with Crippen molar-refractivity contribution in [3.05, 3.63) is 12.2 Å². The highest BCUT2D eigenvalue weighted by Gasteiger charge is 2.29. The fraction of sp³-hybridized carbons (Fsp3) is 0.778. The molecule has 0 aromatic heterocycles. The molecule has 0 rings (SSSR count). The fourth-order valence-electron chi connectivity index (χ4n) is 1.02. The highest BCUT2D eigenvalue weighted by molar-refractivity contribution is 7.90. The second-order valence-electron chi connectivity index (χ2n) is 4.41. The van der Waals surface area contributed by atoms with Crippen molar-refractivity contribution in [2.45, 2.75) is 38.5 Å². The molecule has 0 aromatic rings. The number of rotatable bonds is 4. The third-order valence-electron chi connectivity index (χ3n) is 1.54. The van der Waals surface area contributed by atoms with E-state index in [0.717, 1.165) is 0 Å².